The van der Waals surface area contributed by atoms with Gasteiger partial charge in [-0.25, -0.2) is 9.24 Å². The van der Waals surface area contributed by atoms with Crippen molar-refractivity contribution >= 4 is 23.7 Å². The van der Waals surface area contributed by atoms with Crippen molar-refractivity contribution in [2.75, 3.05) is 32.1 Å². The lowest BCUT2D eigenvalue weighted by molar-refractivity contribution is -0.142. The summed E-state index contributed by atoms with van der Waals surface area (Å²) < 4.78 is 39.0. The number of rotatable bonds is 9. The van der Waals surface area contributed by atoms with Gasteiger partial charge in [-0.1, -0.05) is 43.1 Å². The molecule has 27 heavy (non-hydrogen) atoms. The molecule has 160 valence electrons. The second kappa shape index (κ2) is 10.0. The first kappa shape index (κ1) is 23.8. The molecule has 2 rings (SSSR count). The number of alkyl halides is 1. The van der Waals surface area contributed by atoms with Crippen molar-refractivity contribution in [3.05, 3.63) is 0 Å². The Morgan fingerprint density at radius 3 is 2.59 bits per heavy atom. The molecule has 2 fully saturated rings. The molecule has 0 aromatic rings. The van der Waals surface area contributed by atoms with Crippen LogP contribution in [-0.4, -0.2) is 54.8 Å². The summed E-state index contributed by atoms with van der Waals surface area (Å²) in [7, 11) is -1.63. The Morgan fingerprint density at radius 1 is 1.33 bits per heavy atom. The third-order valence-electron chi connectivity index (χ3n) is 5.55. The van der Waals surface area contributed by atoms with E-state index in [-0.39, 0.29) is 18.8 Å². The molecule has 8 heteroatoms. The third kappa shape index (κ3) is 6.77. The highest BCUT2D eigenvalue weighted by molar-refractivity contribution is 9.09. The molecule has 1 heterocycles. The number of halogens is 1. The van der Waals surface area contributed by atoms with E-state index in [1.807, 2.05) is 13.8 Å². The molecule has 2 unspecified atom stereocenters. The van der Waals surface area contributed by atoms with Gasteiger partial charge in [0.1, 0.15) is 6.10 Å². The monoisotopic (exact) mass is 469 g/mol. The predicted octanol–water partition coefficient (Wildman–Crippen LogP) is 5.07. The number of hydrogen-bond acceptors (Lipinski definition) is 5. The lowest BCUT2D eigenvalue weighted by Crippen LogP contribution is -2.36. The van der Waals surface area contributed by atoms with Crippen LogP contribution in [0.4, 0.5) is 0 Å². The molecule has 5 atom stereocenters. The van der Waals surface area contributed by atoms with Gasteiger partial charge in [-0.3, -0.25) is 9.05 Å². The topological polar surface area (TPSA) is 57.2 Å². The highest BCUT2D eigenvalue weighted by atomic mass is 79.9. The number of hydrogen-bond donors (Lipinski definition) is 0. The van der Waals surface area contributed by atoms with Gasteiger partial charge in [-0.2, -0.15) is 0 Å². The third-order valence-corrected chi connectivity index (χ3v) is 7.95. The Morgan fingerprint density at radius 2 is 2.04 bits per heavy atom. The quantitative estimate of drug-likeness (QED) is 0.347. The zero-order chi connectivity index (χ0) is 20.2. The Kier molecular flexibility index (Phi) is 8.82. The molecule has 0 bridgehead atoms. The second-order valence-corrected chi connectivity index (χ2v) is 11.6. The standard InChI is InChI=1S/C19H37BrNO5P/c1-14(2)17-8-7-15(3)11-18(17)26-27(22,21(6)10-9-20)24-13-16-12-23-19(4,5)25-16/h14-18H,7-13H2,1-6H3/t15-,16?,17+,18-,27?/m1/s1. The van der Waals surface area contributed by atoms with Gasteiger partial charge in [-0.15, -0.1) is 0 Å². The maximum Gasteiger partial charge on any atom is 0.408 e. The predicted molar refractivity (Wildman–Crippen MR) is 111 cm³/mol. The molecule has 0 amide bonds. The van der Waals surface area contributed by atoms with Gasteiger partial charge >= 0.3 is 7.75 Å². The minimum Gasteiger partial charge on any atom is -0.348 e. The summed E-state index contributed by atoms with van der Waals surface area (Å²) in [5, 5.41) is 0.699. The Balaban J connectivity index is 2.08. The fraction of sp³-hybridized carbons (Fsp3) is 1.00. The van der Waals surface area contributed by atoms with E-state index >= 15 is 0 Å². The first-order valence-electron chi connectivity index (χ1n) is 10.1. The van der Waals surface area contributed by atoms with Crippen LogP contribution in [0.5, 0.6) is 0 Å². The van der Waals surface area contributed by atoms with Crippen molar-refractivity contribution in [2.45, 2.75) is 71.9 Å². The van der Waals surface area contributed by atoms with Crippen LogP contribution in [0.3, 0.4) is 0 Å². The van der Waals surface area contributed by atoms with Crippen molar-refractivity contribution in [1.29, 1.82) is 0 Å². The Labute approximate surface area is 173 Å². The van der Waals surface area contributed by atoms with E-state index in [2.05, 4.69) is 36.7 Å². The van der Waals surface area contributed by atoms with Gasteiger partial charge in [0, 0.05) is 11.9 Å². The average Bonchev–Trinajstić information content (AvgIpc) is 2.92. The van der Waals surface area contributed by atoms with Gasteiger partial charge in [0.15, 0.2) is 5.79 Å². The molecular weight excluding hydrogens is 433 g/mol. The average molecular weight is 470 g/mol. The van der Waals surface area contributed by atoms with Crippen LogP contribution < -0.4 is 0 Å². The molecule has 6 nitrogen and oxygen atoms in total. The molecule has 1 saturated carbocycles. The molecule has 1 saturated heterocycles. The first-order chi connectivity index (χ1) is 12.6. The van der Waals surface area contributed by atoms with Gasteiger partial charge in [-0.05, 0) is 51.5 Å². The van der Waals surface area contributed by atoms with Crippen LogP contribution in [0.1, 0.15) is 53.9 Å². The van der Waals surface area contributed by atoms with E-state index in [1.165, 1.54) is 6.42 Å². The maximum absolute atomic E-state index is 13.7. The molecule has 0 aromatic heterocycles. The normalized spacial score (nSPS) is 33.5. The summed E-state index contributed by atoms with van der Waals surface area (Å²) in [6.07, 6.45) is 2.95. The van der Waals surface area contributed by atoms with E-state index < -0.39 is 13.5 Å². The summed E-state index contributed by atoms with van der Waals surface area (Å²) in [4.78, 5) is 0. The molecule has 0 radical (unpaired) electrons. The lowest BCUT2D eigenvalue weighted by Gasteiger charge is -2.40. The minimum atomic E-state index is -3.43. The first-order valence-corrected chi connectivity index (χ1v) is 12.7. The fourth-order valence-corrected chi connectivity index (χ4v) is 6.39. The van der Waals surface area contributed by atoms with Crippen LogP contribution in [0, 0.1) is 17.8 Å². The molecule has 1 aliphatic heterocycles. The highest BCUT2D eigenvalue weighted by Gasteiger charge is 2.41. The molecule has 0 spiro atoms. The van der Waals surface area contributed by atoms with Crippen molar-refractivity contribution in [3.8, 4) is 0 Å². The van der Waals surface area contributed by atoms with Crippen LogP contribution in [-0.2, 0) is 23.1 Å². The smallest absolute Gasteiger partial charge is 0.348 e. The fourth-order valence-electron chi connectivity index (χ4n) is 3.88. The summed E-state index contributed by atoms with van der Waals surface area (Å²) in [5.74, 6) is 0.847. The van der Waals surface area contributed by atoms with Gasteiger partial charge in [0.25, 0.3) is 0 Å². The summed E-state index contributed by atoms with van der Waals surface area (Å²) in [5.41, 5.74) is 0. The molecule has 0 aromatic carbocycles. The summed E-state index contributed by atoms with van der Waals surface area (Å²) in [6, 6.07) is 0. The van der Waals surface area contributed by atoms with Crippen molar-refractivity contribution in [3.63, 3.8) is 0 Å². The zero-order valence-corrected chi connectivity index (χ0v) is 20.1. The number of nitrogens with zero attached hydrogens (tertiary/aromatic N) is 1. The van der Waals surface area contributed by atoms with Crippen LogP contribution in [0.2, 0.25) is 0 Å². The Bertz CT molecular complexity index is 518. The minimum absolute atomic E-state index is 0.0467. The highest BCUT2D eigenvalue weighted by Crippen LogP contribution is 2.55. The summed E-state index contributed by atoms with van der Waals surface area (Å²) >= 11 is 3.43. The van der Waals surface area contributed by atoms with Crippen LogP contribution >= 0.6 is 23.7 Å². The van der Waals surface area contributed by atoms with Crippen LogP contribution in [0.25, 0.3) is 0 Å². The maximum atomic E-state index is 13.7. The molecule has 2 aliphatic rings. The van der Waals surface area contributed by atoms with Crippen molar-refractivity contribution in [1.82, 2.24) is 4.67 Å². The molecule has 1 aliphatic carbocycles. The van der Waals surface area contributed by atoms with Gasteiger partial charge in [0.2, 0.25) is 0 Å². The summed E-state index contributed by atoms with van der Waals surface area (Å²) in [6.45, 7) is 11.6. The molecule has 0 N–H and O–H groups in total. The Hall–Kier alpha value is 0.510. The van der Waals surface area contributed by atoms with E-state index in [1.54, 1.807) is 11.7 Å². The lowest BCUT2D eigenvalue weighted by atomic mass is 9.75. The SMILES string of the molecule is CC(C)[C@@H]1CC[C@@H](C)C[C@H]1OP(=O)(OCC1COC(C)(C)O1)N(C)CCBr. The van der Waals surface area contributed by atoms with E-state index in [0.717, 1.165) is 12.8 Å². The second-order valence-electron chi connectivity index (χ2n) is 8.76. The van der Waals surface area contributed by atoms with Crippen molar-refractivity contribution in [2.24, 2.45) is 17.8 Å². The largest absolute Gasteiger partial charge is 0.408 e. The zero-order valence-electron chi connectivity index (χ0n) is 17.7. The van der Waals surface area contributed by atoms with Crippen LogP contribution in [0.15, 0.2) is 0 Å². The number of ether oxygens (including phenoxy) is 2. The van der Waals surface area contributed by atoms with E-state index in [4.69, 9.17) is 18.5 Å². The van der Waals surface area contributed by atoms with Gasteiger partial charge < -0.3 is 9.47 Å². The van der Waals surface area contributed by atoms with E-state index in [9.17, 15) is 4.57 Å². The molecular formula is C19H37BrNO5P. The van der Waals surface area contributed by atoms with E-state index in [0.29, 0.717) is 36.2 Å². The van der Waals surface area contributed by atoms with Gasteiger partial charge in [0.05, 0.1) is 19.3 Å². The van der Waals surface area contributed by atoms with Crippen molar-refractivity contribution < 1.29 is 23.1 Å².